The summed E-state index contributed by atoms with van der Waals surface area (Å²) in [5, 5.41) is 8.07. The Morgan fingerprint density at radius 3 is 2.62 bits per heavy atom. The molecule has 114 valence electrons. The van der Waals surface area contributed by atoms with Crippen LogP contribution in [-0.4, -0.2) is 28.6 Å². The second-order valence-corrected chi connectivity index (χ2v) is 6.20. The Morgan fingerprint density at radius 1 is 1.24 bits per heavy atom. The van der Waals surface area contributed by atoms with Crippen LogP contribution in [0.3, 0.4) is 0 Å². The summed E-state index contributed by atoms with van der Waals surface area (Å²) in [6.07, 6.45) is 2.03. The van der Waals surface area contributed by atoms with Crippen molar-refractivity contribution >= 4 is 11.8 Å². The van der Waals surface area contributed by atoms with Crippen molar-refractivity contribution in [2.45, 2.75) is 44.2 Å². The quantitative estimate of drug-likeness (QED) is 0.758. The van der Waals surface area contributed by atoms with Gasteiger partial charge in [0, 0.05) is 35.3 Å². The highest BCUT2D eigenvalue weighted by molar-refractivity contribution is 7.99. The van der Waals surface area contributed by atoms with Crippen LogP contribution in [0.2, 0.25) is 0 Å². The zero-order chi connectivity index (χ0) is 15.1. The van der Waals surface area contributed by atoms with Crippen molar-refractivity contribution in [1.82, 2.24) is 15.1 Å². The second-order valence-electron chi connectivity index (χ2n) is 5.11. The van der Waals surface area contributed by atoms with Gasteiger partial charge in [0.2, 0.25) is 0 Å². The molecule has 1 heterocycles. The van der Waals surface area contributed by atoms with Gasteiger partial charge in [-0.25, -0.2) is 0 Å². The summed E-state index contributed by atoms with van der Waals surface area (Å²) in [6.45, 7) is 5.26. The van der Waals surface area contributed by atoms with Crippen LogP contribution in [0.1, 0.15) is 25.2 Å². The van der Waals surface area contributed by atoms with Crippen molar-refractivity contribution in [2.24, 2.45) is 0 Å². The van der Waals surface area contributed by atoms with Gasteiger partial charge in [0.25, 0.3) is 0 Å². The smallest absolute Gasteiger partial charge is 0.0624 e. The number of nitrogens with one attached hydrogen (secondary N) is 1. The van der Waals surface area contributed by atoms with E-state index in [9.17, 15) is 0 Å². The molecule has 0 amide bonds. The zero-order valence-electron chi connectivity index (χ0n) is 13.2. The molecule has 0 bridgehead atoms. The van der Waals surface area contributed by atoms with E-state index in [2.05, 4.69) is 65.3 Å². The van der Waals surface area contributed by atoms with Crippen LogP contribution in [-0.2, 0) is 19.4 Å². The summed E-state index contributed by atoms with van der Waals surface area (Å²) in [4.78, 5) is 1.33. The van der Waals surface area contributed by atoms with Crippen LogP contribution in [0.4, 0.5) is 0 Å². The molecule has 1 aromatic heterocycles. The maximum Gasteiger partial charge on any atom is 0.0624 e. The number of hydrogen-bond acceptors (Lipinski definition) is 3. The minimum absolute atomic E-state index is 0.460. The second kappa shape index (κ2) is 8.25. The highest BCUT2D eigenvalue weighted by Crippen LogP contribution is 2.19. The van der Waals surface area contributed by atoms with Crippen LogP contribution >= 0.6 is 11.8 Å². The van der Waals surface area contributed by atoms with Gasteiger partial charge in [0.15, 0.2) is 0 Å². The SMILES string of the molecule is CCc1cc(CC(CSc2ccccc2)NC)n(CC)n1. The summed E-state index contributed by atoms with van der Waals surface area (Å²) >= 11 is 1.91. The number of likely N-dealkylation sites (N-methyl/N-ethyl adjacent to an activating group) is 1. The minimum atomic E-state index is 0.460. The van der Waals surface area contributed by atoms with E-state index < -0.39 is 0 Å². The Morgan fingerprint density at radius 2 is 2.00 bits per heavy atom. The van der Waals surface area contributed by atoms with E-state index in [-0.39, 0.29) is 0 Å². The van der Waals surface area contributed by atoms with Gasteiger partial charge in [0.05, 0.1) is 5.69 Å². The molecule has 1 aromatic carbocycles. The van der Waals surface area contributed by atoms with Crippen molar-refractivity contribution < 1.29 is 0 Å². The molecule has 1 unspecified atom stereocenters. The third kappa shape index (κ3) is 4.61. The van der Waals surface area contributed by atoms with Gasteiger partial charge in [-0.3, -0.25) is 4.68 Å². The molecular formula is C17H25N3S. The lowest BCUT2D eigenvalue weighted by atomic mass is 10.1. The molecule has 1 N–H and O–H groups in total. The number of thioether (sulfide) groups is 1. The molecule has 0 fully saturated rings. The lowest BCUT2D eigenvalue weighted by Gasteiger charge is -2.16. The van der Waals surface area contributed by atoms with E-state index in [0.717, 1.165) is 25.1 Å². The van der Waals surface area contributed by atoms with E-state index >= 15 is 0 Å². The molecule has 0 radical (unpaired) electrons. The summed E-state index contributed by atoms with van der Waals surface area (Å²) in [6, 6.07) is 13.3. The fourth-order valence-corrected chi connectivity index (χ4v) is 3.36. The van der Waals surface area contributed by atoms with Gasteiger partial charge < -0.3 is 5.32 Å². The van der Waals surface area contributed by atoms with Gasteiger partial charge >= 0.3 is 0 Å². The molecule has 0 saturated heterocycles. The first-order valence-corrected chi connectivity index (χ1v) is 8.66. The Bertz CT molecular complexity index is 536. The number of aromatic nitrogens is 2. The van der Waals surface area contributed by atoms with Crippen LogP contribution in [0.5, 0.6) is 0 Å². The molecule has 2 rings (SSSR count). The first-order valence-electron chi connectivity index (χ1n) is 7.67. The molecule has 0 aliphatic carbocycles. The average Bonchev–Trinajstić information content (AvgIpc) is 2.94. The first kappa shape index (κ1) is 16.1. The predicted molar refractivity (Wildman–Crippen MR) is 91.0 cm³/mol. The van der Waals surface area contributed by atoms with Crippen molar-refractivity contribution in [2.75, 3.05) is 12.8 Å². The summed E-state index contributed by atoms with van der Waals surface area (Å²) in [5.41, 5.74) is 2.53. The molecule has 0 aliphatic heterocycles. The zero-order valence-corrected chi connectivity index (χ0v) is 14.0. The van der Waals surface area contributed by atoms with E-state index in [1.54, 1.807) is 0 Å². The van der Waals surface area contributed by atoms with Crippen molar-refractivity contribution in [3.05, 3.63) is 47.8 Å². The predicted octanol–water partition coefficient (Wildman–Crippen LogP) is 3.39. The van der Waals surface area contributed by atoms with Crippen LogP contribution in [0, 0.1) is 0 Å². The molecule has 0 spiro atoms. The van der Waals surface area contributed by atoms with Crippen LogP contribution in [0.15, 0.2) is 41.3 Å². The third-order valence-corrected chi connectivity index (χ3v) is 4.81. The number of hydrogen-bond donors (Lipinski definition) is 1. The Labute approximate surface area is 132 Å². The largest absolute Gasteiger partial charge is 0.316 e. The fourth-order valence-electron chi connectivity index (χ4n) is 2.34. The Kier molecular flexibility index (Phi) is 6.33. The fraction of sp³-hybridized carbons (Fsp3) is 0.471. The lowest BCUT2D eigenvalue weighted by Crippen LogP contribution is -2.31. The first-order chi connectivity index (χ1) is 10.3. The molecular weight excluding hydrogens is 278 g/mol. The van der Waals surface area contributed by atoms with E-state index in [1.807, 2.05) is 18.8 Å². The molecule has 3 nitrogen and oxygen atoms in total. The average molecular weight is 303 g/mol. The molecule has 21 heavy (non-hydrogen) atoms. The molecule has 2 aromatic rings. The minimum Gasteiger partial charge on any atom is -0.316 e. The van der Waals surface area contributed by atoms with Gasteiger partial charge in [0.1, 0.15) is 0 Å². The van der Waals surface area contributed by atoms with Crippen LogP contribution < -0.4 is 5.32 Å². The summed E-state index contributed by atoms with van der Waals surface area (Å²) in [5.74, 6) is 1.07. The maximum absolute atomic E-state index is 4.63. The van der Waals surface area contributed by atoms with Crippen molar-refractivity contribution in [3.63, 3.8) is 0 Å². The highest BCUT2D eigenvalue weighted by Gasteiger charge is 2.13. The monoisotopic (exact) mass is 303 g/mol. The number of benzene rings is 1. The molecule has 1 atom stereocenters. The number of nitrogens with zero attached hydrogens (tertiary/aromatic N) is 2. The van der Waals surface area contributed by atoms with Gasteiger partial charge in [-0.05, 0) is 38.6 Å². The van der Waals surface area contributed by atoms with Gasteiger partial charge in [-0.15, -0.1) is 11.8 Å². The normalized spacial score (nSPS) is 12.5. The summed E-state index contributed by atoms with van der Waals surface area (Å²) < 4.78 is 2.14. The molecule has 4 heteroatoms. The van der Waals surface area contributed by atoms with Gasteiger partial charge in [-0.1, -0.05) is 25.1 Å². The summed E-state index contributed by atoms with van der Waals surface area (Å²) in [7, 11) is 2.05. The molecule has 0 saturated carbocycles. The van der Waals surface area contributed by atoms with Gasteiger partial charge in [-0.2, -0.15) is 5.10 Å². The number of aryl methyl sites for hydroxylation is 2. The highest BCUT2D eigenvalue weighted by atomic mass is 32.2. The maximum atomic E-state index is 4.63. The lowest BCUT2D eigenvalue weighted by molar-refractivity contribution is 0.555. The number of rotatable bonds is 8. The molecule has 0 aliphatic rings. The van der Waals surface area contributed by atoms with E-state index in [0.29, 0.717) is 6.04 Å². The standard InChI is InChI=1S/C17H25N3S/c1-4-14-11-16(20(5-2)19-14)12-15(18-3)13-21-17-9-7-6-8-10-17/h6-11,15,18H,4-5,12-13H2,1-3H3. The Balaban J connectivity index is 1.97. The Hall–Kier alpha value is -1.26. The van der Waals surface area contributed by atoms with Crippen molar-refractivity contribution in [1.29, 1.82) is 0 Å². The topological polar surface area (TPSA) is 29.9 Å². The van der Waals surface area contributed by atoms with Crippen molar-refractivity contribution in [3.8, 4) is 0 Å². The van der Waals surface area contributed by atoms with E-state index in [1.165, 1.54) is 16.3 Å². The third-order valence-electron chi connectivity index (χ3n) is 3.63. The van der Waals surface area contributed by atoms with Crippen LogP contribution in [0.25, 0.3) is 0 Å². The van der Waals surface area contributed by atoms with E-state index in [4.69, 9.17) is 0 Å².